The molecule has 0 aliphatic carbocycles. The van der Waals surface area contributed by atoms with Gasteiger partial charge < -0.3 is 9.84 Å². The molecule has 0 aliphatic heterocycles. The summed E-state index contributed by atoms with van der Waals surface area (Å²) in [5.41, 5.74) is 4.31. The van der Waals surface area contributed by atoms with Gasteiger partial charge in [-0.1, -0.05) is 12.1 Å². The fraction of sp³-hybridized carbons (Fsp3) is 0.333. The molecular weight excluding hydrogens is 256 g/mol. The first-order valence-electron chi connectivity index (χ1n) is 6.41. The minimum Gasteiger partial charge on any atom is -0.478 e. The second-order valence-electron chi connectivity index (χ2n) is 4.64. The molecule has 0 bridgehead atoms. The van der Waals surface area contributed by atoms with Crippen molar-refractivity contribution in [2.24, 2.45) is 0 Å². The number of aryl methyl sites for hydroxylation is 1. The van der Waals surface area contributed by atoms with Gasteiger partial charge in [0.1, 0.15) is 0 Å². The van der Waals surface area contributed by atoms with Gasteiger partial charge in [-0.05, 0) is 31.5 Å². The van der Waals surface area contributed by atoms with Crippen molar-refractivity contribution >= 4 is 5.97 Å². The first-order valence-corrected chi connectivity index (χ1v) is 6.41. The van der Waals surface area contributed by atoms with Crippen molar-refractivity contribution in [1.29, 1.82) is 0 Å². The molecule has 1 aromatic heterocycles. The number of benzene rings is 1. The number of carboxylic acid groups (broad SMARTS) is 1. The number of aromatic carboxylic acids is 1. The quantitative estimate of drug-likeness (QED) is 0.910. The van der Waals surface area contributed by atoms with E-state index in [1.54, 1.807) is 19.2 Å². The maximum atomic E-state index is 10.9. The maximum absolute atomic E-state index is 10.9. The molecule has 5 nitrogen and oxygen atoms in total. The molecular formula is C15H18N2O3. The van der Waals surface area contributed by atoms with E-state index in [-0.39, 0.29) is 5.56 Å². The van der Waals surface area contributed by atoms with E-state index in [2.05, 4.69) is 5.10 Å². The molecule has 1 N–H and O–H groups in total. The Morgan fingerprint density at radius 3 is 2.50 bits per heavy atom. The van der Waals surface area contributed by atoms with Crippen molar-refractivity contribution in [3.05, 3.63) is 41.2 Å². The molecule has 0 spiro atoms. The van der Waals surface area contributed by atoms with Crippen LogP contribution in [0.1, 0.15) is 21.7 Å². The molecule has 0 saturated heterocycles. The predicted molar refractivity (Wildman–Crippen MR) is 76.0 cm³/mol. The Kier molecular flexibility index (Phi) is 4.20. The third-order valence-corrected chi connectivity index (χ3v) is 3.31. The van der Waals surface area contributed by atoms with E-state index >= 15 is 0 Å². The number of aromatic nitrogens is 2. The average molecular weight is 274 g/mol. The summed E-state index contributed by atoms with van der Waals surface area (Å²) >= 11 is 0. The Labute approximate surface area is 117 Å². The van der Waals surface area contributed by atoms with Crippen LogP contribution in [0, 0.1) is 13.8 Å². The highest BCUT2D eigenvalue weighted by molar-refractivity contribution is 5.88. The predicted octanol–water partition coefficient (Wildman–Crippen LogP) is 2.51. The van der Waals surface area contributed by atoms with Crippen molar-refractivity contribution in [3.63, 3.8) is 0 Å². The van der Waals surface area contributed by atoms with Gasteiger partial charge in [0.05, 0.1) is 24.4 Å². The lowest BCUT2D eigenvalue weighted by molar-refractivity contribution is 0.0697. The second kappa shape index (κ2) is 5.88. The standard InChI is InChI=1S/C15H18N2O3/c1-10-14(11(2)17(16-10)8-9-20-3)12-4-6-13(7-5-12)15(18)19/h4-7H,8-9H2,1-3H3,(H,18,19). The van der Waals surface area contributed by atoms with Crippen molar-refractivity contribution < 1.29 is 14.6 Å². The van der Waals surface area contributed by atoms with Crippen molar-refractivity contribution in [1.82, 2.24) is 9.78 Å². The number of methoxy groups -OCH3 is 1. The largest absolute Gasteiger partial charge is 0.478 e. The van der Waals surface area contributed by atoms with Gasteiger partial charge in [0, 0.05) is 18.4 Å². The Hall–Kier alpha value is -2.14. The number of rotatable bonds is 5. The highest BCUT2D eigenvalue weighted by Gasteiger charge is 2.13. The van der Waals surface area contributed by atoms with Crippen LogP contribution in [0.3, 0.4) is 0 Å². The normalized spacial score (nSPS) is 10.8. The summed E-state index contributed by atoms with van der Waals surface area (Å²) in [6.07, 6.45) is 0. The molecule has 0 fully saturated rings. The monoisotopic (exact) mass is 274 g/mol. The highest BCUT2D eigenvalue weighted by atomic mass is 16.5. The molecule has 2 aromatic rings. The van der Waals surface area contributed by atoms with Crippen LogP contribution < -0.4 is 0 Å². The van der Waals surface area contributed by atoms with E-state index < -0.39 is 5.97 Å². The summed E-state index contributed by atoms with van der Waals surface area (Å²) in [5.74, 6) is -0.916. The Bertz CT molecular complexity index is 615. The van der Waals surface area contributed by atoms with Crippen LogP contribution in [-0.2, 0) is 11.3 Å². The number of nitrogens with zero attached hydrogens (tertiary/aromatic N) is 2. The van der Waals surface area contributed by atoms with Gasteiger partial charge in [-0.3, -0.25) is 4.68 Å². The van der Waals surface area contributed by atoms with Crippen LogP contribution in [0.25, 0.3) is 11.1 Å². The number of carbonyl (C=O) groups is 1. The van der Waals surface area contributed by atoms with Crippen LogP contribution >= 0.6 is 0 Å². The molecule has 0 radical (unpaired) electrons. The van der Waals surface area contributed by atoms with Gasteiger partial charge in [-0.25, -0.2) is 4.79 Å². The van der Waals surface area contributed by atoms with Gasteiger partial charge in [0.2, 0.25) is 0 Å². The number of ether oxygens (including phenoxy) is 1. The van der Waals surface area contributed by atoms with Crippen LogP contribution in [0.2, 0.25) is 0 Å². The summed E-state index contributed by atoms with van der Waals surface area (Å²) in [6, 6.07) is 6.87. The van der Waals surface area contributed by atoms with Gasteiger partial charge in [-0.2, -0.15) is 5.10 Å². The van der Waals surface area contributed by atoms with Gasteiger partial charge >= 0.3 is 5.97 Å². The first-order chi connectivity index (χ1) is 9.54. The van der Waals surface area contributed by atoms with Gasteiger partial charge in [-0.15, -0.1) is 0 Å². The molecule has 0 unspecified atom stereocenters. The lowest BCUT2D eigenvalue weighted by Gasteiger charge is -2.05. The zero-order chi connectivity index (χ0) is 14.7. The summed E-state index contributed by atoms with van der Waals surface area (Å²) < 4.78 is 6.99. The molecule has 0 saturated carbocycles. The van der Waals surface area contributed by atoms with Gasteiger partial charge in [0.15, 0.2) is 0 Å². The van der Waals surface area contributed by atoms with E-state index in [9.17, 15) is 4.79 Å². The lowest BCUT2D eigenvalue weighted by atomic mass is 10.0. The van der Waals surface area contributed by atoms with E-state index in [0.29, 0.717) is 13.2 Å². The molecule has 20 heavy (non-hydrogen) atoms. The molecule has 2 rings (SSSR count). The minimum atomic E-state index is -0.916. The van der Waals surface area contributed by atoms with E-state index in [1.165, 1.54) is 0 Å². The van der Waals surface area contributed by atoms with Gasteiger partial charge in [0.25, 0.3) is 0 Å². The fourth-order valence-electron chi connectivity index (χ4n) is 2.29. The first kappa shape index (κ1) is 14.3. The van der Waals surface area contributed by atoms with Crippen LogP contribution in [0.4, 0.5) is 0 Å². The number of hydrogen-bond acceptors (Lipinski definition) is 3. The van der Waals surface area contributed by atoms with Crippen molar-refractivity contribution in [2.75, 3.05) is 13.7 Å². The summed E-state index contributed by atoms with van der Waals surface area (Å²) in [5, 5.41) is 13.4. The second-order valence-corrected chi connectivity index (χ2v) is 4.64. The van der Waals surface area contributed by atoms with E-state index in [4.69, 9.17) is 9.84 Å². The lowest BCUT2D eigenvalue weighted by Crippen LogP contribution is -2.07. The van der Waals surface area contributed by atoms with Crippen LogP contribution in [0.15, 0.2) is 24.3 Å². The van der Waals surface area contributed by atoms with Crippen LogP contribution in [0.5, 0.6) is 0 Å². The SMILES string of the molecule is COCCn1nc(C)c(-c2ccc(C(=O)O)cc2)c1C. The van der Waals surface area contributed by atoms with Crippen molar-refractivity contribution in [2.45, 2.75) is 20.4 Å². The Balaban J connectivity index is 2.37. The Morgan fingerprint density at radius 2 is 1.95 bits per heavy atom. The molecule has 0 amide bonds. The third-order valence-electron chi connectivity index (χ3n) is 3.31. The smallest absolute Gasteiger partial charge is 0.335 e. The molecule has 5 heteroatoms. The fourth-order valence-corrected chi connectivity index (χ4v) is 2.29. The minimum absolute atomic E-state index is 0.288. The highest BCUT2D eigenvalue weighted by Crippen LogP contribution is 2.27. The number of carboxylic acids is 1. The number of hydrogen-bond donors (Lipinski definition) is 1. The summed E-state index contributed by atoms with van der Waals surface area (Å²) in [4.78, 5) is 10.9. The van der Waals surface area contributed by atoms with Crippen LogP contribution in [-0.4, -0.2) is 34.6 Å². The zero-order valence-electron chi connectivity index (χ0n) is 11.9. The zero-order valence-corrected chi connectivity index (χ0v) is 11.9. The Morgan fingerprint density at radius 1 is 1.30 bits per heavy atom. The average Bonchev–Trinajstić information content (AvgIpc) is 2.71. The third kappa shape index (κ3) is 2.72. The molecule has 106 valence electrons. The molecule has 1 aromatic carbocycles. The maximum Gasteiger partial charge on any atom is 0.335 e. The molecule has 1 heterocycles. The van der Waals surface area contributed by atoms with E-state index in [1.807, 2.05) is 30.7 Å². The van der Waals surface area contributed by atoms with Crippen molar-refractivity contribution in [3.8, 4) is 11.1 Å². The summed E-state index contributed by atoms with van der Waals surface area (Å²) in [7, 11) is 1.66. The van der Waals surface area contributed by atoms with E-state index in [0.717, 1.165) is 22.5 Å². The topological polar surface area (TPSA) is 64.4 Å². The molecule has 0 atom stereocenters. The molecule has 0 aliphatic rings. The summed E-state index contributed by atoms with van der Waals surface area (Å²) in [6.45, 7) is 5.28.